The molecule has 0 aliphatic carbocycles. The minimum Gasteiger partial charge on any atom is -0.493 e. The summed E-state index contributed by atoms with van der Waals surface area (Å²) in [5.74, 6) is 1.52. The molecule has 0 aliphatic rings. The van der Waals surface area contributed by atoms with Crippen molar-refractivity contribution < 1.29 is 18.9 Å². The van der Waals surface area contributed by atoms with E-state index in [1.165, 1.54) is 0 Å². The SMILES string of the molecule is CCOC(CN(C)Cc1cccc(OC)c1OC)OCC. The number of likely N-dealkylation sites (N-methyl/N-ethyl adjacent to an activating group) is 1. The van der Waals surface area contributed by atoms with Gasteiger partial charge < -0.3 is 18.9 Å². The normalized spacial score (nSPS) is 11.2. The molecule has 0 radical (unpaired) electrons. The molecular formula is C16H27NO4. The van der Waals surface area contributed by atoms with Gasteiger partial charge in [-0.3, -0.25) is 4.90 Å². The van der Waals surface area contributed by atoms with Crippen LogP contribution in [0.15, 0.2) is 18.2 Å². The van der Waals surface area contributed by atoms with E-state index in [1.54, 1.807) is 14.2 Å². The van der Waals surface area contributed by atoms with Crippen molar-refractivity contribution in [1.29, 1.82) is 0 Å². The van der Waals surface area contributed by atoms with E-state index in [2.05, 4.69) is 4.90 Å². The third-order valence-electron chi connectivity index (χ3n) is 3.09. The molecule has 1 aromatic rings. The van der Waals surface area contributed by atoms with E-state index < -0.39 is 0 Å². The smallest absolute Gasteiger partial charge is 0.170 e. The van der Waals surface area contributed by atoms with Crippen LogP contribution in [0.2, 0.25) is 0 Å². The molecule has 0 aromatic heterocycles. The lowest BCUT2D eigenvalue weighted by atomic mass is 10.1. The lowest BCUT2D eigenvalue weighted by Gasteiger charge is -2.24. The predicted octanol–water partition coefficient (Wildman–Crippen LogP) is 2.53. The number of para-hydroxylation sites is 1. The van der Waals surface area contributed by atoms with Crippen LogP contribution < -0.4 is 9.47 Å². The Labute approximate surface area is 127 Å². The first-order chi connectivity index (χ1) is 10.2. The summed E-state index contributed by atoms with van der Waals surface area (Å²) in [5.41, 5.74) is 1.08. The van der Waals surface area contributed by atoms with Crippen molar-refractivity contribution in [2.45, 2.75) is 26.7 Å². The van der Waals surface area contributed by atoms with Crippen molar-refractivity contribution in [3.63, 3.8) is 0 Å². The van der Waals surface area contributed by atoms with Crippen molar-refractivity contribution in [3.05, 3.63) is 23.8 Å². The number of benzene rings is 1. The molecule has 1 aromatic carbocycles. The fourth-order valence-electron chi connectivity index (χ4n) is 2.21. The fourth-order valence-corrected chi connectivity index (χ4v) is 2.21. The molecule has 21 heavy (non-hydrogen) atoms. The zero-order chi connectivity index (χ0) is 15.7. The molecular weight excluding hydrogens is 270 g/mol. The number of rotatable bonds is 10. The maximum absolute atomic E-state index is 5.57. The Hall–Kier alpha value is -1.30. The molecule has 0 saturated heterocycles. The molecule has 0 aliphatic heterocycles. The molecule has 5 nitrogen and oxygen atoms in total. The average molecular weight is 297 g/mol. The number of hydrogen-bond acceptors (Lipinski definition) is 5. The highest BCUT2D eigenvalue weighted by molar-refractivity contribution is 5.46. The van der Waals surface area contributed by atoms with Crippen LogP contribution in [0.1, 0.15) is 19.4 Å². The van der Waals surface area contributed by atoms with E-state index in [0.717, 1.165) is 23.6 Å². The second-order valence-corrected chi connectivity index (χ2v) is 4.69. The summed E-state index contributed by atoms with van der Waals surface area (Å²) in [6, 6.07) is 5.90. The summed E-state index contributed by atoms with van der Waals surface area (Å²) >= 11 is 0. The first-order valence-corrected chi connectivity index (χ1v) is 7.27. The third kappa shape index (κ3) is 5.53. The minimum atomic E-state index is -0.207. The van der Waals surface area contributed by atoms with Crippen molar-refractivity contribution in [2.75, 3.05) is 41.0 Å². The molecule has 0 heterocycles. The number of nitrogens with zero attached hydrogens (tertiary/aromatic N) is 1. The number of ether oxygens (including phenoxy) is 4. The van der Waals surface area contributed by atoms with Gasteiger partial charge in [-0.1, -0.05) is 12.1 Å². The van der Waals surface area contributed by atoms with Crippen LogP contribution in [0, 0.1) is 0 Å². The molecule has 0 saturated carbocycles. The Morgan fingerprint density at radius 1 is 1.05 bits per heavy atom. The van der Waals surface area contributed by atoms with Crippen molar-refractivity contribution in [1.82, 2.24) is 4.90 Å². The van der Waals surface area contributed by atoms with Gasteiger partial charge in [0.1, 0.15) is 0 Å². The molecule has 0 spiro atoms. The molecule has 0 unspecified atom stereocenters. The predicted molar refractivity (Wildman–Crippen MR) is 82.9 cm³/mol. The van der Waals surface area contributed by atoms with E-state index in [0.29, 0.717) is 19.8 Å². The zero-order valence-electron chi connectivity index (χ0n) is 13.7. The van der Waals surface area contributed by atoms with E-state index in [-0.39, 0.29) is 6.29 Å². The summed E-state index contributed by atoms with van der Waals surface area (Å²) in [6.45, 7) is 6.65. The van der Waals surface area contributed by atoms with Gasteiger partial charge in [0.05, 0.1) is 14.2 Å². The topological polar surface area (TPSA) is 40.2 Å². The number of hydrogen-bond donors (Lipinski definition) is 0. The quantitative estimate of drug-likeness (QED) is 0.621. The van der Waals surface area contributed by atoms with E-state index in [9.17, 15) is 0 Å². The molecule has 1 rings (SSSR count). The summed E-state index contributed by atoms with van der Waals surface area (Å²) in [5, 5.41) is 0. The van der Waals surface area contributed by atoms with E-state index in [1.807, 2.05) is 39.1 Å². The largest absolute Gasteiger partial charge is 0.493 e. The van der Waals surface area contributed by atoms with Crippen LogP contribution in [0.25, 0.3) is 0 Å². The second-order valence-electron chi connectivity index (χ2n) is 4.69. The summed E-state index contributed by atoms with van der Waals surface area (Å²) in [6.07, 6.45) is -0.207. The van der Waals surface area contributed by atoms with Gasteiger partial charge in [-0.2, -0.15) is 0 Å². The van der Waals surface area contributed by atoms with E-state index in [4.69, 9.17) is 18.9 Å². The van der Waals surface area contributed by atoms with Gasteiger partial charge >= 0.3 is 0 Å². The Kier molecular flexibility index (Phi) is 8.12. The van der Waals surface area contributed by atoms with Crippen LogP contribution >= 0.6 is 0 Å². The second kappa shape index (κ2) is 9.60. The van der Waals surface area contributed by atoms with Gasteiger partial charge in [-0.15, -0.1) is 0 Å². The van der Waals surface area contributed by atoms with Gasteiger partial charge in [-0.25, -0.2) is 0 Å². The molecule has 0 fully saturated rings. The maximum Gasteiger partial charge on any atom is 0.170 e. The molecule has 5 heteroatoms. The highest BCUT2D eigenvalue weighted by atomic mass is 16.7. The Morgan fingerprint density at radius 2 is 1.71 bits per heavy atom. The van der Waals surface area contributed by atoms with Crippen LogP contribution in [0.5, 0.6) is 11.5 Å². The first kappa shape index (κ1) is 17.8. The fraction of sp³-hybridized carbons (Fsp3) is 0.625. The lowest BCUT2D eigenvalue weighted by Crippen LogP contribution is -2.33. The highest BCUT2D eigenvalue weighted by Crippen LogP contribution is 2.31. The van der Waals surface area contributed by atoms with Crippen molar-refractivity contribution >= 4 is 0 Å². The van der Waals surface area contributed by atoms with Crippen molar-refractivity contribution in [3.8, 4) is 11.5 Å². The summed E-state index contributed by atoms with van der Waals surface area (Å²) in [7, 11) is 5.33. The molecule has 0 atom stereocenters. The first-order valence-electron chi connectivity index (χ1n) is 7.27. The molecule has 0 amide bonds. The Morgan fingerprint density at radius 3 is 2.24 bits per heavy atom. The van der Waals surface area contributed by atoms with Gasteiger partial charge in [0.25, 0.3) is 0 Å². The van der Waals surface area contributed by atoms with Gasteiger partial charge in [0, 0.05) is 31.9 Å². The zero-order valence-corrected chi connectivity index (χ0v) is 13.7. The summed E-state index contributed by atoms with van der Waals surface area (Å²) in [4.78, 5) is 2.15. The van der Waals surface area contributed by atoms with Gasteiger partial charge in [0.2, 0.25) is 0 Å². The third-order valence-corrected chi connectivity index (χ3v) is 3.09. The Bertz CT molecular complexity index is 405. The van der Waals surface area contributed by atoms with Gasteiger partial charge in [-0.05, 0) is 27.0 Å². The van der Waals surface area contributed by atoms with Crippen LogP contribution in [0.3, 0.4) is 0 Å². The minimum absolute atomic E-state index is 0.207. The number of methoxy groups -OCH3 is 2. The molecule has 0 N–H and O–H groups in total. The van der Waals surface area contributed by atoms with Crippen LogP contribution in [-0.4, -0.2) is 52.2 Å². The average Bonchev–Trinajstić information content (AvgIpc) is 2.47. The van der Waals surface area contributed by atoms with Gasteiger partial charge in [0.15, 0.2) is 17.8 Å². The van der Waals surface area contributed by atoms with E-state index >= 15 is 0 Å². The highest BCUT2D eigenvalue weighted by Gasteiger charge is 2.15. The monoisotopic (exact) mass is 297 g/mol. The Balaban J connectivity index is 2.71. The standard InChI is InChI=1S/C16H27NO4/c1-6-20-15(21-7-2)12-17(3)11-13-9-8-10-14(18-4)16(13)19-5/h8-10,15H,6-7,11-12H2,1-5H3. The summed E-state index contributed by atoms with van der Waals surface area (Å²) < 4.78 is 21.9. The molecule has 0 bridgehead atoms. The lowest BCUT2D eigenvalue weighted by molar-refractivity contribution is -0.145. The maximum atomic E-state index is 5.57. The van der Waals surface area contributed by atoms with Crippen LogP contribution in [-0.2, 0) is 16.0 Å². The van der Waals surface area contributed by atoms with Crippen molar-refractivity contribution in [2.24, 2.45) is 0 Å². The molecule has 120 valence electrons. The van der Waals surface area contributed by atoms with Crippen LogP contribution in [0.4, 0.5) is 0 Å².